The number of nitrogens with zero attached hydrogens (tertiary/aromatic N) is 2. The number of carbonyl (C=O) groups is 1. The lowest BCUT2D eigenvalue weighted by Gasteiger charge is -2.30. The van der Waals surface area contributed by atoms with Gasteiger partial charge in [0.2, 0.25) is 0 Å². The summed E-state index contributed by atoms with van der Waals surface area (Å²) in [6.07, 6.45) is 2.71. The first-order valence-electron chi connectivity index (χ1n) is 5.60. The van der Waals surface area contributed by atoms with Crippen LogP contribution in [-0.4, -0.2) is 40.1 Å². The van der Waals surface area contributed by atoms with E-state index in [9.17, 15) is 9.90 Å². The van der Waals surface area contributed by atoms with Crippen LogP contribution in [0.3, 0.4) is 0 Å². The number of β-amino-alcohol motifs (C(OH)–C–C–N with tert-alkyl or cyclic N) is 1. The standard InChI is InChI=1S/C11H16N4O2/c12-14-10-6-8(3-4-13-10)11(17)15-5-1-2-9(16)7-15/h3-4,6,9,16H,1-2,5,7,12H2,(H,13,14). The zero-order valence-corrected chi connectivity index (χ0v) is 9.47. The van der Waals surface area contributed by atoms with Crippen LogP contribution in [0.1, 0.15) is 23.2 Å². The number of nitrogens with one attached hydrogen (secondary N) is 1. The van der Waals surface area contributed by atoms with Gasteiger partial charge in [-0.3, -0.25) is 4.79 Å². The minimum Gasteiger partial charge on any atom is -0.391 e. The van der Waals surface area contributed by atoms with E-state index < -0.39 is 6.10 Å². The Bertz CT molecular complexity index is 410. The summed E-state index contributed by atoms with van der Waals surface area (Å²) >= 11 is 0. The van der Waals surface area contributed by atoms with Gasteiger partial charge in [0.15, 0.2) is 0 Å². The number of carbonyl (C=O) groups excluding carboxylic acids is 1. The number of amides is 1. The number of hydrogen-bond acceptors (Lipinski definition) is 5. The molecule has 92 valence electrons. The van der Waals surface area contributed by atoms with Gasteiger partial charge in [-0.1, -0.05) is 0 Å². The molecule has 0 aliphatic carbocycles. The van der Waals surface area contributed by atoms with Crippen LogP contribution in [0.25, 0.3) is 0 Å². The van der Waals surface area contributed by atoms with Gasteiger partial charge in [0, 0.05) is 24.8 Å². The van der Waals surface area contributed by atoms with Crippen LogP contribution in [0.2, 0.25) is 0 Å². The summed E-state index contributed by atoms with van der Waals surface area (Å²) in [5.74, 6) is 5.60. The zero-order chi connectivity index (χ0) is 12.3. The largest absolute Gasteiger partial charge is 0.391 e. The number of aromatic nitrogens is 1. The number of pyridine rings is 1. The lowest BCUT2D eigenvalue weighted by atomic mass is 10.1. The van der Waals surface area contributed by atoms with Gasteiger partial charge in [0.05, 0.1) is 6.10 Å². The van der Waals surface area contributed by atoms with Crippen molar-refractivity contribution < 1.29 is 9.90 Å². The second-order valence-electron chi connectivity index (χ2n) is 4.12. The van der Waals surface area contributed by atoms with Crippen molar-refractivity contribution in [2.75, 3.05) is 18.5 Å². The van der Waals surface area contributed by atoms with Crippen LogP contribution in [-0.2, 0) is 0 Å². The molecule has 0 spiro atoms. The predicted octanol–water partition coefficient (Wildman–Crippen LogP) is -0.0359. The van der Waals surface area contributed by atoms with E-state index in [0.717, 1.165) is 12.8 Å². The Labute approximate surface area is 99.4 Å². The summed E-state index contributed by atoms with van der Waals surface area (Å²) < 4.78 is 0. The Morgan fingerprint density at radius 2 is 2.47 bits per heavy atom. The van der Waals surface area contributed by atoms with Gasteiger partial charge in [-0.05, 0) is 25.0 Å². The molecule has 17 heavy (non-hydrogen) atoms. The van der Waals surface area contributed by atoms with Crippen LogP contribution < -0.4 is 11.3 Å². The Morgan fingerprint density at radius 1 is 1.65 bits per heavy atom. The quantitative estimate of drug-likeness (QED) is 0.495. The first-order valence-corrected chi connectivity index (χ1v) is 5.60. The molecule has 1 saturated heterocycles. The number of hydrazine groups is 1. The third kappa shape index (κ3) is 2.72. The third-order valence-corrected chi connectivity index (χ3v) is 2.84. The van der Waals surface area contributed by atoms with E-state index in [1.807, 2.05) is 0 Å². The number of nitrogen functional groups attached to an aromatic ring is 1. The van der Waals surface area contributed by atoms with Crippen LogP contribution in [0.15, 0.2) is 18.3 Å². The van der Waals surface area contributed by atoms with Crippen molar-refractivity contribution in [3.05, 3.63) is 23.9 Å². The molecule has 1 aliphatic heterocycles. The molecule has 0 saturated carbocycles. The third-order valence-electron chi connectivity index (χ3n) is 2.84. The van der Waals surface area contributed by atoms with Crippen LogP contribution >= 0.6 is 0 Å². The Hall–Kier alpha value is -1.66. The van der Waals surface area contributed by atoms with Crippen LogP contribution in [0, 0.1) is 0 Å². The molecule has 1 aliphatic rings. The normalized spacial score (nSPS) is 20.1. The molecule has 4 N–H and O–H groups in total. The molecule has 6 heteroatoms. The Kier molecular flexibility index (Phi) is 3.55. The molecule has 1 fully saturated rings. The molecule has 0 bridgehead atoms. The van der Waals surface area contributed by atoms with E-state index in [1.54, 1.807) is 17.0 Å². The highest BCUT2D eigenvalue weighted by Crippen LogP contribution is 2.14. The maximum atomic E-state index is 12.1. The van der Waals surface area contributed by atoms with E-state index in [4.69, 9.17) is 5.84 Å². The highest BCUT2D eigenvalue weighted by atomic mass is 16.3. The van der Waals surface area contributed by atoms with Crippen molar-refractivity contribution in [1.82, 2.24) is 9.88 Å². The molecule has 2 heterocycles. The van der Waals surface area contributed by atoms with E-state index in [1.165, 1.54) is 6.20 Å². The highest BCUT2D eigenvalue weighted by Gasteiger charge is 2.23. The summed E-state index contributed by atoms with van der Waals surface area (Å²) in [5.41, 5.74) is 2.93. The molecule has 1 aromatic rings. The number of aliphatic hydroxyl groups is 1. The van der Waals surface area contributed by atoms with Crippen molar-refractivity contribution in [2.45, 2.75) is 18.9 Å². The van der Waals surface area contributed by atoms with Gasteiger partial charge >= 0.3 is 0 Å². The summed E-state index contributed by atoms with van der Waals surface area (Å²) in [6, 6.07) is 3.24. The average molecular weight is 236 g/mol. The molecule has 1 unspecified atom stereocenters. The van der Waals surface area contributed by atoms with Crippen molar-refractivity contribution in [2.24, 2.45) is 5.84 Å². The molecule has 6 nitrogen and oxygen atoms in total. The lowest BCUT2D eigenvalue weighted by molar-refractivity contribution is 0.0473. The molecule has 0 radical (unpaired) electrons. The minimum atomic E-state index is -0.415. The first kappa shape index (κ1) is 11.8. The van der Waals surface area contributed by atoms with E-state index in [0.29, 0.717) is 24.5 Å². The van der Waals surface area contributed by atoms with Gasteiger partial charge in [0.25, 0.3) is 5.91 Å². The molecule has 1 amide bonds. The number of nitrogens with two attached hydrogens (primary N) is 1. The maximum Gasteiger partial charge on any atom is 0.254 e. The number of rotatable bonds is 2. The van der Waals surface area contributed by atoms with Crippen molar-refractivity contribution >= 4 is 11.7 Å². The van der Waals surface area contributed by atoms with Gasteiger partial charge in [-0.15, -0.1) is 0 Å². The summed E-state index contributed by atoms with van der Waals surface area (Å²) in [6.45, 7) is 1.08. The van der Waals surface area contributed by atoms with E-state index in [-0.39, 0.29) is 5.91 Å². The topological polar surface area (TPSA) is 91.5 Å². The molecule has 2 rings (SSSR count). The van der Waals surface area contributed by atoms with Crippen LogP contribution in [0.5, 0.6) is 0 Å². The number of likely N-dealkylation sites (tertiary alicyclic amines) is 1. The molecule has 1 aromatic heterocycles. The summed E-state index contributed by atoms with van der Waals surface area (Å²) in [4.78, 5) is 17.7. The number of hydrogen-bond donors (Lipinski definition) is 3. The molecular formula is C11H16N4O2. The summed E-state index contributed by atoms with van der Waals surface area (Å²) in [7, 11) is 0. The van der Waals surface area contributed by atoms with Crippen LogP contribution in [0.4, 0.5) is 5.82 Å². The second kappa shape index (κ2) is 5.11. The SMILES string of the molecule is NNc1cc(C(=O)N2CCCC(O)C2)ccn1. The smallest absolute Gasteiger partial charge is 0.254 e. The first-order chi connectivity index (χ1) is 8.20. The Balaban J connectivity index is 2.12. The molecule has 1 atom stereocenters. The number of anilines is 1. The molecular weight excluding hydrogens is 220 g/mol. The number of piperidine rings is 1. The van der Waals surface area contributed by atoms with E-state index >= 15 is 0 Å². The van der Waals surface area contributed by atoms with Gasteiger partial charge in [0.1, 0.15) is 5.82 Å². The van der Waals surface area contributed by atoms with Gasteiger partial charge < -0.3 is 15.4 Å². The minimum absolute atomic E-state index is 0.0948. The highest BCUT2D eigenvalue weighted by molar-refractivity contribution is 5.94. The average Bonchev–Trinajstić information content (AvgIpc) is 2.38. The van der Waals surface area contributed by atoms with E-state index in [2.05, 4.69) is 10.4 Å². The molecule has 0 aromatic carbocycles. The Morgan fingerprint density at radius 3 is 3.18 bits per heavy atom. The monoisotopic (exact) mass is 236 g/mol. The number of aliphatic hydroxyl groups excluding tert-OH is 1. The van der Waals surface area contributed by atoms with Crippen molar-refractivity contribution in [1.29, 1.82) is 0 Å². The fourth-order valence-electron chi connectivity index (χ4n) is 1.96. The maximum absolute atomic E-state index is 12.1. The fraction of sp³-hybridized carbons (Fsp3) is 0.455. The van der Waals surface area contributed by atoms with Gasteiger partial charge in [-0.2, -0.15) is 0 Å². The lowest BCUT2D eigenvalue weighted by Crippen LogP contribution is -2.42. The van der Waals surface area contributed by atoms with Crippen molar-refractivity contribution in [3.8, 4) is 0 Å². The predicted molar refractivity (Wildman–Crippen MR) is 63.2 cm³/mol. The summed E-state index contributed by atoms with van der Waals surface area (Å²) in [5, 5.41) is 9.54. The van der Waals surface area contributed by atoms with Gasteiger partial charge in [-0.25, -0.2) is 10.8 Å². The second-order valence-corrected chi connectivity index (χ2v) is 4.12. The zero-order valence-electron chi connectivity index (χ0n) is 9.47. The fourth-order valence-corrected chi connectivity index (χ4v) is 1.96. The van der Waals surface area contributed by atoms with Crippen molar-refractivity contribution in [3.63, 3.8) is 0 Å².